The molecule has 0 saturated carbocycles. The maximum absolute atomic E-state index is 6.15. The van der Waals surface area contributed by atoms with Crippen molar-refractivity contribution in [1.82, 2.24) is 0 Å². The van der Waals surface area contributed by atoms with Gasteiger partial charge in [-0.25, -0.2) is 0 Å². The van der Waals surface area contributed by atoms with E-state index in [-0.39, 0.29) is 18.3 Å². The molecule has 2 atom stereocenters. The first-order valence-electron chi connectivity index (χ1n) is 9.07. The van der Waals surface area contributed by atoms with E-state index >= 15 is 0 Å². The minimum absolute atomic E-state index is 0.301. The normalized spacial score (nSPS) is 28.8. The van der Waals surface area contributed by atoms with Crippen LogP contribution >= 0.6 is 0 Å². The molecule has 1 aromatic carbocycles. The van der Waals surface area contributed by atoms with E-state index < -0.39 is 0 Å². The predicted octanol–water partition coefficient (Wildman–Crippen LogP) is 4.30. The van der Waals surface area contributed by atoms with Crippen LogP contribution in [-0.2, 0) is 9.31 Å². The molecule has 0 amide bonds. The first kappa shape index (κ1) is 16.6. The second-order valence-electron chi connectivity index (χ2n) is 8.09. The molecule has 0 radical (unpaired) electrons. The van der Waals surface area contributed by atoms with E-state index in [4.69, 9.17) is 9.31 Å². The van der Waals surface area contributed by atoms with Gasteiger partial charge in [0.2, 0.25) is 0 Å². The van der Waals surface area contributed by atoms with Crippen molar-refractivity contribution < 1.29 is 9.31 Å². The van der Waals surface area contributed by atoms with Gasteiger partial charge in [-0.05, 0) is 44.3 Å². The number of hydrogen-bond donors (Lipinski definition) is 0. The van der Waals surface area contributed by atoms with Crippen LogP contribution in [0.2, 0.25) is 0 Å². The van der Waals surface area contributed by atoms with Crippen molar-refractivity contribution >= 4 is 18.2 Å². The van der Waals surface area contributed by atoms with E-state index in [0.29, 0.717) is 11.8 Å². The first-order valence-corrected chi connectivity index (χ1v) is 9.07. The lowest BCUT2D eigenvalue weighted by Gasteiger charge is -2.32. The molecule has 0 N–H and O–H groups in total. The zero-order valence-electron chi connectivity index (χ0n) is 15.4. The molecule has 25 heavy (non-hydrogen) atoms. The topological polar surface area (TPSA) is 18.5 Å². The summed E-state index contributed by atoms with van der Waals surface area (Å²) in [7, 11) is -0.301. The third-order valence-corrected chi connectivity index (χ3v) is 5.92. The molecule has 1 saturated heterocycles. The molecular weight excluding hydrogens is 307 g/mol. The highest BCUT2D eigenvalue weighted by Crippen LogP contribution is 2.38. The summed E-state index contributed by atoms with van der Waals surface area (Å²) in [5, 5.41) is 0. The highest BCUT2D eigenvalue weighted by atomic mass is 16.7. The first-order chi connectivity index (χ1) is 11.9. The van der Waals surface area contributed by atoms with Gasteiger partial charge in [0.15, 0.2) is 0 Å². The Balaban J connectivity index is 1.57. The molecule has 2 unspecified atom stereocenters. The van der Waals surface area contributed by atoms with Gasteiger partial charge in [0.05, 0.1) is 11.2 Å². The molecule has 3 aliphatic rings. The van der Waals surface area contributed by atoms with E-state index in [2.05, 4.69) is 94.5 Å². The summed E-state index contributed by atoms with van der Waals surface area (Å²) < 4.78 is 12.3. The minimum Gasteiger partial charge on any atom is -0.399 e. The Hall–Kier alpha value is -1.84. The van der Waals surface area contributed by atoms with Gasteiger partial charge in [0.25, 0.3) is 0 Å². The number of hydrogen-bond acceptors (Lipinski definition) is 2. The summed E-state index contributed by atoms with van der Waals surface area (Å²) in [5.41, 5.74) is 3.09. The van der Waals surface area contributed by atoms with Crippen LogP contribution < -0.4 is 5.46 Å². The van der Waals surface area contributed by atoms with Gasteiger partial charge >= 0.3 is 7.12 Å². The van der Waals surface area contributed by atoms with Crippen LogP contribution in [0.25, 0.3) is 5.57 Å². The summed E-state index contributed by atoms with van der Waals surface area (Å²) in [6.45, 7) is 8.35. The summed E-state index contributed by atoms with van der Waals surface area (Å²) >= 11 is 0. The number of rotatable bonds is 2. The SMILES string of the molecule is CC1(C)OB(c2ccc(C3=CC=CC4C=CC=CC34)cc2)OC1(C)C. The van der Waals surface area contributed by atoms with Crippen LogP contribution in [0, 0.1) is 11.8 Å². The second-order valence-corrected chi connectivity index (χ2v) is 8.09. The van der Waals surface area contributed by atoms with Crippen LogP contribution in [-0.4, -0.2) is 18.3 Å². The number of fused-ring (bicyclic) bond motifs is 1. The molecule has 0 aromatic heterocycles. The quantitative estimate of drug-likeness (QED) is 0.752. The van der Waals surface area contributed by atoms with E-state index in [1.54, 1.807) is 0 Å². The van der Waals surface area contributed by atoms with Crippen LogP contribution in [0.5, 0.6) is 0 Å². The zero-order chi connectivity index (χ0) is 17.7. The van der Waals surface area contributed by atoms with Gasteiger partial charge in [-0.15, -0.1) is 0 Å². The second kappa shape index (κ2) is 5.86. The van der Waals surface area contributed by atoms with Crippen LogP contribution in [0.15, 0.2) is 66.8 Å². The lowest BCUT2D eigenvalue weighted by molar-refractivity contribution is 0.00578. The van der Waals surface area contributed by atoms with E-state index in [9.17, 15) is 0 Å². The lowest BCUT2D eigenvalue weighted by Crippen LogP contribution is -2.41. The molecule has 1 aliphatic heterocycles. The van der Waals surface area contributed by atoms with Gasteiger partial charge < -0.3 is 9.31 Å². The van der Waals surface area contributed by atoms with Gasteiger partial charge in [0.1, 0.15) is 0 Å². The van der Waals surface area contributed by atoms with Crippen LogP contribution in [0.1, 0.15) is 33.3 Å². The van der Waals surface area contributed by atoms with E-state index in [1.807, 2.05) is 0 Å². The Kier molecular flexibility index (Phi) is 3.90. The molecule has 1 fully saturated rings. The predicted molar refractivity (Wildman–Crippen MR) is 105 cm³/mol. The Morgan fingerprint density at radius 2 is 1.40 bits per heavy atom. The smallest absolute Gasteiger partial charge is 0.399 e. The van der Waals surface area contributed by atoms with Crippen molar-refractivity contribution in [3.63, 3.8) is 0 Å². The summed E-state index contributed by atoms with van der Waals surface area (Å²) in [4.78, 5) is 0. The fraction of sp³-hybridized carbons (Fsp3) is 0.364. The van der Waals surface area contributed by atoms with E-state index in [1.165, 1.54) is 11.1 Å². The van der Waals surface area contributed by atoms with Crippen LogP contribution in [0.4, 0.5) is 0 Å². The third kappa shape index (κ3) is 2.86. The fourth-order valence-electron chi connectivity index (χ4n) is 3.62. The lowest BCUT2D eigenvalue weighted by atomic mass is 9.75. The molecule has 0 spiro atoms. The molecular formula is C22H25BO2. The Labute approximate surface area is 151 Å². The fourth-order valence-corrected chi connectivity index (χ4v) is 3.62. The summed E-state index contributed by atoms with van der Waals surface area (Å²) in [6.07, 6.45) is 15.5. The Morgan fingerprint density at radius 1 is 0.800 bits per heavy atom. The zero-order valence-corrected chi connectivity index (χ0v) is 15.4. The Morgan fingerprint density at radius 3 is 2.08 bits per heavy atom. The largest absolute Gasteiger partial charge is 0.494 e. The highest BCUT2D eigenvalue weighted by Gasteiger charge is 2.51. The molecule has 1 aromatic rings. The third-order valence-electron chi connectivity index (χ3n) is 5.92. The summed E-state index contributed by atoms with van der Waals surface area (Å²) in [6, 6.07) is 8.64. The van der Waals surface area contributed by atoms with Gasteiger partial charge in [0, 0.05) is 11.8 Å². The monoisotopic (exact) mass is 332 g/mol. The maximum Gasteiger partial charge on any atom is 0.494 e. The maximum atomic E-state index is 6.15. The van der Waals surface area contributed by atoms with Crippen LogP contribution in [0.3, 0.4) is 0 Å². The van der Waals surface area contributed by atoms with Crippen molar-refractivity contribution in [2.24, 2.45) is 11.8 Å². The molecule has 3 heteroatoms. The molecule has 0 bridgehead atoms. The molecule has 2 nitrogen and oxygen atoms in total. The van der Waals surface area contributed by atoms with Crippen molar-refractivity contribution in [3.8, 4) is 0 Å². The standard InChI is InChI=1S/C22H25BO2/c1-21(2)22(3,4)25-23(24-21)18-14-12-17(13-15-18)20-11-7-9-16-8-5-6-10-19(16)20/h5-16,19H,1-4H3. The van der Waals surface area contributed by atoms with Gasteiger partial charge in [-0.3, -0.25) is 0 Å². The minimum atomic E-state index is -0.306. The molecule has 128 valence electrons. The summed E-state index contributed by atoms with van der Waals surface area (Å²) in [5.74, 6) is 0.894. The highest BCUT2D eigenvalue weighted by molar-refractivity contribution is 6.62. The molecule has 4 rings (SSSR count). The molecule has 2 aliphatic carbocycles. The average Bonchev–Trinajstić information content (AvgIpc) is 2.82. The van der Waals surface area contributed by atoms with Crippen molar-refractivity contribution in [1.29, 1.82) is 0 Å². The number of allylic oxidation sites excluding steroid dienone is 8. The average molecular weight is 332 g/mol. The number of benzene rings is 1. The van der Waals surface area contributed by atoms with Crippen molar-refractivity contribution in [2.75, 3.05) is 0 Å². The van der Waals surface area contributed by atoms with E-state index in [0.717, 1.165) is 5.46 Å². The van der Waals surface area contributed by atoms with Crippen molar-refractivity contribution in [2.45, 2.75) is 38.9 Å². The van der Waals surface area contributed by atoms with Gasteiger partial charge in [-0.2, -0.15) is 0 Å². The van der Waals surface area contributed by atoms with Crippen molar-refractivity contribution in [3.05, 3.63) is 72.4 Å². The molecule has 1 heterocycles. The Bertz CT molecular complexity index is 765. The van der Waals surface area contributed by atoms with Gasteiger partial charge in [-0.1, -0.05) is 66.8 Å².